The van der Waals surface area contributed by atoms with Crippen molar-refractivity contribution in [1.29, 1.82) is 0 Å². The van der Waals surface area contributed by atoms with Gasteiger partial charge in [0.2, 0.25) is 5.95 Å². The van der Waals surface area contributed by atoms with Crippen LogP contribution in [0.15, 0.2) is 66.9 Å². The molecule has 1 aliphatic heterocycles. The Hall–Kier alpha value is -3.61. The summed E-state index contributed by atoms with van der Waals surface area (Å²) in [7, 11) is 0. The molecule has 0 radical (unpaired) electrons. The Morgan fingerprint density at radius 3 is 2.43 bits per heavy atom. The number of cyclic esters (lactones) is 1. The lowest BCUT2D eigenvalue weighted by atomic mass is 10.1. The SMILES string of the molecule is CC(Nc1nccc(N2C(=O)OCC2(C)C)n1)c1ccc(Oc2ccccc2)cc1. The van der Waals surface area contributed by atoms with Crippen LogP contribution in [0.3, 0.4) is 0 Å². The van der Waals surface area contributed by atoms with Crippen LogP contribution in [-0.4, -0.2) is 28.2 Å². The van der Waals surface area contributed by atoms with Crippen molar-refractivity contribution < 1.29 is 14.3 Å². The van der Waals surface area contributed by atoms with Crippen molar-refractivity contribution in [3.63, 3.8) is 0 Å². The molecule has 30 heavy (non-hydrogen) atoms. The number of rotatable bonds is 6. The number of benzene rings is 2. The second kappa shape index (κ2) is 8.02. The minimum Gasteiger partial charge on any atom is -0.457 e. The van der Waals surface area contributed by atoms with Gasteiger partial charge in [-0.2, -0.15) is 4.98 Å². The van der Waals surface area contributed by atoms with Gasteiger partial charge in [-0.05, 0) is 56.7 Å². The van der Waals surface area contributed by atoms with E-state index in [9.17, 15) is 4.79 Å². The van der Waals surface area contributed by atoms with Gasteiger partial charge in [-0.1, -0.05) is 30.3 Å². The van der Waals surface area contributed by atoms with E-state index in [4.69, 9.17) is 9.47 Å². The monoisotopic (exact) mass is 404 g/mol. The fourth-order valence-electron chi connectivity index (χ4n) is 3.29. The Balaban J connectivity index is 1.45. The fourth-order valence-corrected chi connectivity index (χ4v) is 3.29. The lowest BCUT2D eigenvalue weighted by Crippen LogP contribution is -2.42. The Bertz CT molecular complexity index is 1020. The van der Waals surface area contributed by atoms with Crippen molar-refractivity contribution in [2.75, 3.05) is 16.8 Å². The summed E-state index contributed by atoms with van der Waals surface area (Å²) in [5.41, 5.74) is 0.605. The Morgan fingerprint density at radius 2 is 1.77 bits per heavy atom. The summed E-state index contributed by atoms with van der Waals surface area (Å²) in [5.74, 6) is 2.52. The average molecular weight is 404 g/mol. The van der Waals surface area contributed by atoms with E-state index in [1.165, 1.54) is 0 Å². The van der Waals surface area contributed by atoms with Gasteiger partial charge in [0.05, 0.1) is 11.6 Å². The lowest BCUT2D eigenvalue weighted by Gasteiger charge is -2.27. The summed E-state index contributed by atoms with van der Waals surface area (Å²) >= 11 is 0. The first-order valence-corrected chi connectivity index (χ1v) is 9.82. The Kier molecular flexibility index (Phi) is 5.27. The predicted octanol–water partition coefficient (Wildman–Crippen LogP) is 5.18. The van der Waals surface area contributed by atoms with Crippen LogP contribution in [0.25, 0.3) is 0 Å². The summed E-state index contributed by atoms with van der Waals surface area (Å²) in [6, 6.07) is 19.2. The number of amides is 1. The van der Waals surface area contributed by atoms with E-state index in [1.54, 1.807) is 17.2 Å². The summed E-state index contributed by atoms with van der Waals surface area (Å²) in [4.78, 5) is 22.5. The van der Waals surface area contributed by atoms with Crippen LogP contribution in [0, 0.1) is 0 Å². The van der Waals surface area contributed by atoms with Gasteiger partial charge in [-0.3, -0.25) is 4.90 Å². The molecule has 1 amide bonds. The maximum absolute atomic E-state index is 12.1. The van der Waals surface area contributed by atoms with Gasteiger partial charge < -0.3 is 14.8 Å². The molecule has 0 spiro atoms. The quantitative estimate of drug-likeness (QED) is 0.610. The Labute approximate surface area is 175 Å². The zero-order valence-electron chi connectivity index (χ0n) is 17.2. The molecular weight excluding hydrogens is 380 g/mol. The normalized spacial score (nSPS) is 16.1. The molecule has 2 heterocycles. The number of nitrogens with one attached hydrogen (secondary N) is 1. The van der Waals surface area contributed by atoms with E-state index in [0.29, 0.717) is 18.4 Å². The summed E-state index contributed by atoms with van der Waals surface area (Å²) in [6.07, 6.45) is 1.24. The molecule has 1 unspecified atom stereocenters. The minimum absolute atomic E-state index is 0.0374. The van der Waals surface area contributed by atoms with E-state index < -0.39 is 11.6 Å². The molecular formula is C23H24N4O3. The van der Waals surface area contributed by atoms with Gasteiger partial charge in [-0.25, -0.2) is 9.78 Å². The number of hydrogen-bond donors (Lipinski definition) is 1. The molecule has 1 fully saturated rings. The standard InChI is InChI=1S/C23H24N4O3/c1-16(17-9-11-19(12-10-17)30-18-7-5-4-6-8-18)25-21-24-14-13-20(26-21)27-22(28)29-15-23(27,2)3/h4-14,16H,15H2,1-3H3,(H,24,25,26). The van der Waals surface area contributed by atoms with Crippen LogP contribution < -0.4 is 15.0 Å². The topological polar surface area (TPSA) is 76.6 Å². The van der Waals surface area contributed by atoms with Crippen molar-refractivity contribution in [2.45, 2.75) is 32.4 Å². The molecule has 3 aromatic rings. The highest BCUT2D eigenvalue weighted by Gasteiger charge is 2.41. The van der Waals surface area contributed by atoms with Crippen molar-refractivity contribution in [3.05, 3.63) is 72.4 Å². The van der Waals surface area contributed by atoms with Crippen LogP contribution in [0.4, 0.5) is 16.6 Å². The second-order valence-electron chi connectivity index (χ2n) is 7.79. The summed E-state index contributed by atoms with van der Waals surface area (Å²) in [5, 5.41) is 3.29. The third kappa shape index (κ3) is 4.20. The number of hydrogen-bond acceptors (Lipinski definition) is 6. The summed E-state index contributed by atoms with van der Waals surface area (Å²) in [6.45, 7) is 6.23. The van der Waals surface area contributed by atoms with E-state index in [-0.39, 0.29) is 6.04 Å². The summed E-state index contributed by atoms with van der Waals surface area (Å²) < 4.78 is 11.0. The molecule has 1 aliphatic rings. The smallest absolute Gasteiger partial charge is 0.416 e. The number of para-hydroxylation sites is 1. The molecule has 154 valence electrons. The molecule has 0 aliphatic carbocycles. The molecule has 2 aromatic carbocycles. The minimum atomic E-state index is -0.455. The predicted molar refractivity (Wildman–Crippen MR) is 115 cm³/mol. The molecule has 0 bridgehead atoms. The van der Waals surface area contributed by atoms with Gasteiger partial charge in [0, 0.05) is 6.20 Å². The molecule has 1 N–H and O–H groups in total. The third-order valence-electron chi connectivity index (χ3n) is 4.91. The lowest BCUT2D eigenvalue weighted by molar-refractivity contribution is 0.175. The zero-order valence-corrected chi connectivity index (χ0v) is 17.2. The van der Waals surface area contributed by atoms with Crippen molar-refractivity contribution in [3.8, 4) is 11.5 Å². The first-order valence-electron chi connectivity index (χ1n) is 9.82. The molecule has 1 saturated heterocycles. The van der Waals surface area contributed by atoms with Crippen molar-refractivity contribution in [1.82, 2.24) is 9.97 Å². The van der Waals surface area contributed by atoms with E-state index in [0.717, 1.165) is 17.1 Å². The van der Waals surface area contributed by atoms with Crippen molar-refractivity contribution in [2.24, 2.45) is 0 Å². The number of ether oxygens (including phenoxy) is 2. The van der Waals surface area contributed by atoms with Crippen LogP contribution >= 0.6 is 0 Å². The third-order valence-corrected chi connectivity index (χ3v) is 4.91. The number of anilines is 2. The highest BCUT2D eigenvalue weighted by atomic mass is 16.6. The van der Waals surface area contributed by atoms with Crippen LogP contribution in [-0.2, 0) is 4.74 Å². The Morgan fingerprint density at radius 1 is 1.07 bits per heavy atom. The largest absolute Gasteiger partial charge is 0.457 e. The molecule has 0 saturated carbocycles. The highest BCUT2D eigenvalue weighted by Crippen LogP contribution is 2.30. The first-order chi connectivity index (χ1) is 14.4. The van der Waals surface area contributed by atoms with E-state index in [2.05, 4.69) is 15.3 Å². The van der Waals surface area contributed by atoms with Crippen LogP contribution in [0.1, 0.15) is 32.4 Å². The molecule has 7 heteroatoms. The number of nitrogens with zero attached hydrogens (tertiary/aromatic N) is 3. The highest BCUT2D eigenvalue weighted by molar-refractivity contribution is 5.90. The second-order valence-corrected chi connectivity index (χ2v) is 7.79. The average Bonchev–Trinajstić information content (AvgIpc) is 3.02. The molecule has 1 atom stereocenters. The van der Waals surface area contributed by atoms with Gasteiger partial charge >= 0.3 is 6.09 Å². The zero-order chi connectivity index (χ0) is 21.1. The first kappa shape index (κ1) is 19.7. The van der Waals surface area contributed by atoms with Crippen LogP contribution in [0.5, 0.6) is 11.5 Å². The maximum atomic E-state index is 12.1. The fraction of sp³-hybridized carbons (Fsp3) is 0.261. The molecule has 4 rings (SSSR count). The van der Waals surface area contributed by atoms with Gasteiger partial charge in [-0.15, -0.1) is 0 Å². The molecule has 7 nitrogen and oxygen atoms in total. The number of aromatic nitrogens is 2. The van der Waals surface area contributed by atoms with E-state index in [1.807, 2.05) is 75.4 Å². The van der Waals surface area contributed by atoms with Crippen LogP contribution in [0.2, 0.25) is 0 Å². The molecule has 1 aromatic heterocycles. The van der Waals surface area contributed by atoms with Crippen molar-refractivity contribution >= 4 is 17.9 Å². The van der Waals surface area contributed by atoms with Gasteiger partial charge in [0.25, 0.3) is 0 Å². The maximum Gasteiger partial charge on any atom is 0.416 e. The number of carbonyl (C=O) groups excluding carboxylic acids is 1. The van der Waals surface area contributed by atoms with E-state index >= 15 is 0 Å². The van der Waals surface area contributed by atoms with Gasteiger partial charge in [0.1, 0.15) is 23.9 Å². The number of carbonyl (C=O) groups is 1. The van der Waals surface area contributed by atoms with Gasteiger partial charge in [0.15, 0.2) is 0 Å².